The Morgan fingerprint density at radius 2 is 1.97 bits per heavy atom. The normalized spacial score (nSPS) is 12.3. The van der Waals surface area contributed by atoms with Gasteiger partial charge in [0.05, 0.1) is 4.88 Å². The predicted octanol–water partition coefficient (Wildman–Crippen LogP) is 5.85. The summed E-state index contributed by atoms with van der Waals surface area (Å²) in [4.78, 5) is 17.5. The quantitative estimate of drug-likeness (QED) is 0.211. The van der Waals surface area contributed by atoms with Gasteiger partial charge in [0, 0.05) is 46.6 Å². The fraction of sp³-hybridized carbons (Fsp3) is 0.370. The number of H-pyrrole nitrogens is 1. The third-order valence-electron chi connectivity index (χ3n) is 6.23. The number of nitrogens with one attached hydrogen (secondary N) is 4. The average molecular weight is 463 g/mol. The van der Waals surface area contributed by atoms with Crippen LogP contribution in [0.2, 0.25) is 0 Å². The summed E-state index contributed by atoms with van der Waals surface area (Å²) in [5, 5.41) is 12.3. The zero-order valence-electron chi connectivity index (χ0n) is 19.8. The molecule has 0 aliphatic rings. The van der Waals surface area contributed by atoms with E-state index >= 15 is 0 Å². The molecule has 1 unspecified atom stereocenters. The van der Waals surface area contributed by atoms with Gasteiger partial charge in [-0.2, -0.15) is 0 Å². The summed E-state index contributed by atoms with van der Waals surface area (Å²) < 4.78 is 1.15. The average Bonchev–Trinajstić information content (AvgIpc) is 3.38. The van der Waals surface area contributed by atoms with Crippen molar-refractivity contribution in [2.45, 2.75) is 45.6 Å². The van der Waals surface area contributed by atoms with Gasteiger partial charge in [0.2, 0.25) is 0 Å². The molecular formula is C27H34N4OS. The summed E-state index contributed by atoms with van der Waals surface area (Å²) >= 11 is 1.59. The van der Waals surface area contributed by atoms with Crippen LogP contribution in [0, 0.1) is 6.92 Å². The van der Waals surface area contributed by atoms with Crippen LogP contribution in [0.1, 0.15) is 47.0 Å². The molecule has 33 heavy (non-hydrogen) atoms. The number of unbranched alkanes of at least 4 members (excludes halogenated alkanes) is 1. The van der Waals surface area contributed by atoms with E-state index in [1.54, 1.807) is 11.3 Å². The number of hydrogen-bond donors (Lipinski definition) is 4. The smallest absolute Gasteiger partial charge is 0.261 e. The maximum atomic E-state index is 13.4. The van der Waals surface area contributed by atoms with E-state index < -0.39 is 0 Å². The highest BCUT2D eigenvalue weighted by molar-refractivity contribution is 7.21. The molecular weight excluding hydrogens is 428 g/mol. The molecule has 2 aromatic carbocycles. The molecule has 4 N–H and O–H groups in total. The fourth-order valence-corrected chi connectivity index (χ4v) is 5.53. The SMILES string of the molecule is CCCCC(Cc1c[nH]c2ccccc12)NC(=O)c1sc2cc(NCCNC)ccc2c1C. The van der Waals surface area contributed by atoms with Gasteiger partial charge in [0.15, 0.2) is 0 Å². The Hall–Kier alpha value is -2.83. The number of anilines is 1. The molecule has 0 bridgehead atoms. The fourth-order valence-electron chi connectivity index (χ4n) is 4.38. The van der Waals surface area contributed by atoms with Crippen molar-refractivity contribution in [1.82, 2.24) is 15.6 Å². The molecule has 2 heterocycles. The van der Waals surface area contributed by atoms with Gasteiger partial charge in [-0.15, -0.1) is 11.3 Å². The van der Waals surface area contributed by atoms with Crippen LogP contribution in [0.25, 0.3) is 21.0 Å². The summed E-state index contributed by atoms with van der Waals surface area (Å²) in [6, 6.07) is 14.9. The van der Waals surface area contributed by atoms with Gasteiger partial charge in [-0.05, 0) is 61.5 Å². The second-order valence-electron chi connectivity index (χ2n) is 8.67. The largest absolute Gasteiger partial charge is 0.384 e. The van der Waals surface area contributed by atoms with Gasteiger partial charge in [-0.25, -0.2) is 0 Å². The summed E-state index contributed by atoms with van der Waals surface area (Å²) in [6.45, 7) is 6.03. The Bertz CT molecular complexity index is 1230. The molecule has 0 aliphatic heterocycles. The molecule has 174 valence electrons. The Morgan fingerprint density at radius 1 is 1.12 bits per heavy atom. The van der Waals surface area contributed by atoms with Crippen molar-refractivity contribution in [3.8, 4) is 0 Å². The van der Waals surface area contributed by atoms with Gasteiger partial charge in [0.1, 0.15) is 0 Å². The lowest BCUT2D eigenvalue weighted by Gasteiger charge is -2.18. The van der Waals surface area contributed by atoms with Gasteiger partial charge < -0.3 is 20.9 Å². The summed E-state index contributed by atoms with van der Waals surface area (Å²) in [5.41, 5.74) is 4.56. The van der Waals surface area contributed by atoms with Crippen LogP contribution in [0.5, 0.6) is 0 Å². The van der Waals surface area contributed by atoms with Crippen LogP contribution >= 0.6 is 11.3 Å². The van der Waals surface area contributed by atoms with Gasteiger partial charge >= 0.3 is 0 Å². The van der Waals surface area contributed by atoms with E-state index in [9.17, 15) is 4.79 Å². The number of aromatic nitrogens is 1. The first-order valence-electron chi connectivity index (χ1n) is 11.9. The van der Waals surface area contributed by atoms with E-state index in [4.69, 9.17) is 0 Å². The first kappa shape index (κ1) is 23.3. The van der Waals surface area contributed by atoms with Gasteiger partial charge in [-0.1, -0.05) is 44.0 Å². The number of benzene rings is 2. The Labute approximate surface area is 200 Å². The molecule has 1 amide bonds. The molecule has 4 aromatic rings. The van der Waals surface area contributed by atoms with E-state index in [0.717, 1.165) is 70.5 Å². The van der Waals surface area contributed by atoms with Crippen molar-refractivity contribution in [2.24, 2.45) is 0 Å². The number of carbonyl (C=O) groups is 1. The maximum absolute atomic E-state index is 13.4. The van der Waals surface area contributed by atoms with Crippen molar-refractivity contribution in [3.63, 3.8) is 0 Å². The molecule has 0 saturated carbocycles. The second-order valence-corrected chi connectivity index (χ2v) is 9.73. The minimum atomic E-state index is 0.0411. The molecule has 0 saturated heterocycles. The van der Waals surface area contributed by atoms with Crippen molar-refractivity contribution in [3.05, 3.63) is 64.7 Å². The minimum absolute atomic E-state index is 0.0411. The molecule has 0 spiro atoms. The topological polar surface area (TPSA) is 69.0 Å². The third-order valence-corrected chi connectivity index (χ3v) is 7.48. The van der Waals surface area contributed by atoms with Crippen molar-refractivity contribution >= 4 is 43.9 Å². The highest BCUT2D eigenvalue weighted by Crippen LogP contribution is 2.33. The maximum Gasteiger partial charge on any atom is 0.261 e. The van der Waals surface area contributed by atoms with E-state index in [1.165, 1.54) is 10.9 Å². The van der Waals surface area contributed by atoms with Crippen LogP contribution in [-0.4, -0.2) is 37.1 Å². The Morgan fingerprint density at radius 3 is 2.79 bits per heavy atom. The highest BCUT2D eigenvalue weighted by atomic mass is 32.1. The molecule has 0 radical (unpaired) electrons. The minimum Gasteiger partial charge on any atom is -0.384 e. The van der Waals surface area contributed by atoms with Gasteiger partial charge in [0.25, 0.3) is 5.91 Å². The molecule has 6 heteroatoms. The number of hydrogen-bond acceptors (Lipinski definition) is 4. The number of carbonyl (C=O) groups excluding carboxylic acids is 1. The van der Waals surface area contributed by atoms with E-state index in [2.05, 4.69) is 77.4 Å². The summed E-state index contributed by atoms with van der Waals surface area (Å²) in [5.74, 6) is 0.0411. The van der Waals surface area contributed by atoms with E-state index in [-0.39, 0.29) is 11.9 Å². The number of para-hydroxylation sites is 1. The number of thiophene rings is 1. The molecule has 1 atom stereocenters. The molecule has 0 fully saturated rings. The zero-order valence-corrected chi connectivity index (χ0v) is 20.6. The van der Waals surface area contributed by atoms with Crippen LogP contribution in [0.3, 0.4) is 0 Å². The molecule has 0 aliphatic carbocycles. The molecule has 2 aromatic heterocycles. The lowest BCUT2D eigenvalue weighted by Crippen LogP contribution is -2.36. The monoisotopic (exact) mass is 462 g/mol. The van der Waals surface area contributed by atoms with Crippen molar-refractivity contribution in [1.29, 1.82) is 0 Å². The number of amides is 1. The number of aromatic amines is 1. The predicted molar refractivity (Wildman–Crippen MR) is 142 cm³/mol. The van der Waals surface area contributed by atoms with Crippen LogP contribution in [-0.2, 0) is 6.42 Å². The summed E-state index contributed by atoms with van der Waals surface area (Å²) in [6.07, 6.45) is 6.11. The van der Waals surface area contributed by atoms with E-state index in [0.29, 0.717) is 0 Å². The van der Waals surface area contributed by atoms with Crippen molar-refractivity contribution in [2.75, 3.05) is 25.5 Å². The molecule has 4 rings (SSSR count). The Kier molecular flexibility index (Phi) is 7.68. The number of rotatable bonds is 11. The summed E-state index contributed by atoms with van der Waals surface area (Å²) in [7, 11) is 1.95. The number of likely N-dealkylation sites (N-methyl/N-ethyl adjacent to an activating group) is 1. The Balaban J connectivity index is 1.52. The first-order chi connectivity index (χ1) is 16.1. The second kappa shape index (κ2) is 10.9. The first-order valence-corrected chi connectivity index (χ1v) is 12.7. The van der Waals surface area contributed by atoms with Crippen LogP contribution in [0.15, 0.2) is 48.7 Å². The van der Waals surface area contributed by atoms with Crippen LogP contribution in [0.4, 0.5) is 5.69 Å². The molecule has 5 nitrogen and oxygen atoms in total. The lowest BCUT2D eigenvalue weighted by atomic mass is 10.00. The number of fused-ring (bicyclic) bond motifs is 2. The standard InChI is InChI=1S/C27H34N4OS/c1-4-5-8-21(15-19-17-30-24-10-7-6-9-23(19)24)31-27(32)26-18(2)22-12-11-20(16-25(22)33-26)29-14-13-28-3/h6-7,9-12,16-17,21,28-30H,4-5,8,13-15H2,1-3H3,(H,31,32). The van der Waals surface area contributed by atoms with E-state index in [1.807, 2.05) is 13.1 Å². The van der Waals surface area contributed by atoms with Crippen LogP contribution < -0.4 is 16.0 Å². The highest BCUT2D eigenvalue weighted by Gasteiger charge is 2.20. The number of aryl methyl sites for hydroxylation is 1. The van der Waals surface area contributed by atoms with Gasteiger partial charge in [-0.3, -0.25) is 4.79 Å². The van der Waals surface area contributed by atoms with Crippen molar-refractivity contribution < 1.29 is 4.79 Å². The third kappa shape index (κ3) is 5.40. The zero-order chi connectivity index (χ0) is 23.2. The lowest BCUT2D eigenvalue weighted by molar-refractivity contribution is 0.0938.